The Morgan fingerprint density at radius 3 is 3.05 bits per heavy atom. The molecule has 2 unspecified atom stereocenters. The average Bonchev–Trinajstić information content (AvgIpc) is 3.15. The van der Waals surface area contributed by atoms with E-state index in [-0.39, 0.29) is 0 Å². The molecule has 2 aliphatic heterocycles. The fourth-order valence-corrected chi connectivity index (χ4v) is 2.93. The van der Waals surface area contributed by atoms with Crippen LogP contribution in [0.25, 0.3) is 0 Å². The van der Waals surface area contributed by atoms with Gasteiger partial charge < -0.3 is 19.5 Å². The van der Waals surface area contributed by atoms with Crippen LogP contribution in [0.4, 0.5) is 0 Å². The number of rotatable bonds is 7. The van der Waals surface area contributed by atoms with Crippen LogP contribution in [0, 0.1) is 5.92 Å². The summed E-state index contributed by atoms with van der Waals surface area (Å²) in [6.07, 6.45) is 4.67. The summed E-state index contributed by atoms with van der Waals surface area (Å²) >= 11 is 0. The van der Waals surface area contributed by atoms with E-state index in [4.69, 9.17) is 14.2 Å². The molecule has 2 aliphatic rings. The topological polar surface area (TPSA) is 39.7 Å². The Balaban J connectivity index is 1.36. The van der Waals surface area contributed by atoms with Crippen molar-refractivity contribution in [3.05, 3.63) is 23.8 Å². The van der Waals surface area contributed by atoms with E-state index in [0.717, 1.165) is 50.0 Å². The lowest BCUT2D eigenvalue weighted by Gasteiger charge is -2.15. The average molecular weight is 291 g/mol. The van der Waals surface area contributed by atoms with Gasteiger partial charge in [-0.3, -0.25) is 0 Å². The van der Waals surface area contributed by atoms with Crippen molar-refractivity contribution in [1.82, 2.24) is 5.32 Å². The van der Waals surface area contributed by atoms with E-state index in [2.05, 4.69) is 24.4 Å². The minimum absolute atomic E-state index is 0.349. The number of nitrogens with one attached hydrogen (secondary N) is 1. The first kappa shape index (κ1) is 14.7. The zero-order valence-corrected chi connectivity index (χ0v) is 12.8. The predicted molar refractivity (Wildman–Crippen MR) is 81.9 cm³/mol. The second kappa shape index (κ2) is 7.14. The highest BCUT2D eigenvalue weighted by Crippen LogP contribution is 2.32. The molecule has 1 fully saturated rings. The summed E-state index contributed by atoms with van der Waals surface area (Å²) in [7, 11) is 0. The summed E-state index contributed by atoms with van der Waals surface area (Å²) in [6, 6.07) is 6.79. The number of hydrogen-bond acceptors (Lipinski definition) is 4. The second-order valence-electron chi connectivity index (χ2n) is 6.10. The van der Waals surface area contributed by atoms with Gasteiger partial charge in [0.25, 0.3) is 0 Å². The maximum Gasteiger partial charge on any atom is 0.231 e. The molecular formula is C17H25NO3. The van der Waals surface area contributed by atoms with Gasteiger partial charge in [-0.2, -0.15) is 0 Å². The Bertz CT molecular complexity index is 457. The number of benzene rings is 1. The van der Waals surface area contributed by atoms with Gasteiger partial charge in [-0.1, -0.05) is 6.07 Å². The number of aryl methyl sites for hydroxylation is 1. The van der Waals surface area contributed by atoms with Crippen molar-refractivity contribution in [2.24, 2.45) is 5.92 Å². The van der Waals surface area contributed by atoms with E-state index >= 15 is 0 Å². The van der Waals surface area contributed by atoms with Crippen LogP contribution < -0.4 is 14.8 Å². The lowest BCUT2D eigenvalue weighted by atomic mass is 10.0. The molecule has 4 heteroatoms. The van der Waals surface area contributed by atoms with Gasteiger partial charge in [-0.15, -0.1) is 0 Å². The Morgan fingerprint density at radius 1 is 1.29 bits per heavy atom. The van der Waals surface area contributed by atoms with Crippen molar-refractivity contribution < 1.29 is 14.2 Å². The molecule has 0 aromatic heterocycles. The van der Waals surface area contributed by atoms with Crippen molar-refractivity contribution in [3.8, 4) is 11.5 Å². The summed E-state index contributed by atoms with van der Waals surface area (Å²) in [5.41, 5.74) is 1.32. The summed E-state index contributed by atoms with van der Waals surface area (Å²) in [5.74, 6) is 2.51. The summed E-state index contributed by atoms with van der Waals surface area (Å²) in [4.78, 5) is 0. The Kier molecular flexibility index (Phi) is 4.99. The SMILES string of the molecule is CC(CCc1ccc2c(c1)OCO2)NCCC1CCOC1. The van der Waals surface area contributed by atoms with Gasteiger partial charge in [0.2, 0.25) is 6.79 Å². The molecule has 0 saturated carbocycles. The minimum Gasteiger partial charge on any atom is -0.454 e. The van der Waals surface area contributed by atoms with Crippen molar-refractivity contribution >= 4 is 0 Å². The molecule has 2 atom stereocenters. The molecule has 0 bridgehead atoms. The van der Waals surface area contributed by atoms with Crippen LogP contribution >= 0.6 is 0 Å². The smallest absolute Gasteiger partial charge is 0.231 e. The maximum atomic E-state index is 5.42. The normalized spacial score (nSPS) is 21.7. The van der Waals surface area contributed by atoms with Crippen LogP contribution in [0.2, 0.25) is 0 Å². The fourth-order valence-electron chi connectivity index (χ4n) is 2.93. The lowest BCUT2D eigenvalue weighted by molar-refractivity contribution is 0.174. The third-order valence-electron chi connectivity index (χ3n) is 4.37. The van der Waals surface area contributed by atoms with E-state index in [1.165, 1.54) is 18.4 Å². The third-order valence-corrected chi connectivity index (χ3v) is 4.37. The van der Waals surface area contributed by atoms with E-state index < -0.39 is 0 Å². The monoisotopic (exact) mass is 291 g/mol. The van der Waals surface area contributed by atoms with Gasteiger partial charge >= 0.3 is 0 Å². The molecule has 0 radical (unpaired) electrons. The molecule has 1 saturated heterocycles. The third kappa shape index (κ3) is 4.11. The number of fused-ring (bicyclic) bond motifs is 1. The molecular weight excluding hydrogens is 266 g/mol. The molecule has 0 aliphatic carbocycles. The molecule has 1 N–H and O–H groups in total. The zero-order valence-electron chi connectivity index (χ0n) is 12.8. The van der Waals surface area contributed by atoms with Crippen LogP contribution in [0.5, 0.6) is 11.5 Å². The van der Waals surface area contributed by atoms with Gasteiger partial charge in [0.1, 0.15) is 0 Å². The molecule has 3 rings (SSSR count). The van der Waals surface area contributed by atoms with Crippen LogP contribution in [-0.4, -0.2) is 32.6 Å². The van der Waals surface area contributed by atoms with Crippen molar-refractivity contribution in [3.63, 3.8) is 0 Å². The van der Waals surface area contributed by atoms with Crippen LogP contribution in [0.1, 0.15) is 31.7 Å². The second-order valence-corrected chi connectivity index (χ2v) is 6.10. The summed E-state index contributed by atoms with van der Waals surface area (Å²) in [5, 5.41) is 3.62. The van der Waals surface area contributed by atoms with Gasteiger partial charge in [0.15, 0.2) is 11.5 Å². The Morgan fingerprint density at radius 2 is 2.19 bits per heavy atom. The largest absolute Gasteiger partial charge is 0.454 e. The first-order valence-corrected chi connectivity index (χ1v) is 8.01. The predicted octanol–water partition coefficient (Wildman–Crippen LogP) is 2.75. The molecule has 0 spiro atoms. The first-order valence-electron chi connectivity index (χ1n) is 8.01. The highest BCUT2D eigenvalue weighted by atomic mass is 16.7. The minimum atomic E-state index is 0.349. The van der Waals surface area contributed by atoms with Crippen molar-refractivity contribution in [1.29, 1.82) is 0 Å². The summed E-state index contributed by atoms with van der Waals surface area (Å²) in [6.45, 7) is 5.60. The summed E-state index contributed by atoms with van der Waals surface area (Å²) < 4.78 is 16.2. The Labute approximate surface area is 126 Å². The standard InChI is InChI=1S/C17H25NO3/c1-13(18-8-6-15-7-9-19-11-15)2-3-14-4-5-16-17(10-14)21-12-20-16/h4-5,10,13,15,18H,2-3,6-9,11-12H2,1H3. The fraction of sp³-hybridized carbons (Fsp3) is 0.647. The molecule has 4 nitrogen and oxygen atoms in total. The highest BCUT2D eigenvalue weighted by Gasteiger charge is 2.16. The quantitative estimate of drug-likeness (QED) is 0.838. The van der Waals surface area contributed by atoms with E-state index in [1.54, 1.807) is 0 Å². The van der Waals surface area contributed by atoms with Gasteiger partial charge in [-0.05, 0) is 62.8 Å². The maximum absolute atomic E-state index is 5.42. The molecule has 0 amide bonds. The van der Waals surface area contributed by atoms with Crippen molar-refractivity contribution in [2.75, 3.05) is 26.6 Å². The van der Waals surface area contributed by atoms with Gasteiger partial charge in [-0.25, -0.2) is 0 Å². The lowest BCUT2D eigenvalue weighted by Crippen LogP contribution is -2.28. The van der Waals surface area contributed by atoms with Crippen LogP contribution in [-0.2, 0) is 11.2 Å². The van der Waals surface area contributed by atoms with Gasteiger partial charge in [0.05, 0.1) is 0 Å². The number of hydrogen-bond donors (Lipinski definition) is 1. The molecule has 1 aromatic rings. The van der Waals surface area contributed by atoms with E-state index in [9.17, 15) is 0 Å². The Hall–Kier alpha value is -1.26. The van der Waals surface area contributed by atoms with E-state index in [1.807, 2.05) is 6.07 Å². The van der Waals surface area contributed by atoms with E-state index in [0.29, 0.717) is 12.8 Å². The van der Waals surface area contributed by atoms with Gasteiger partial charge in [0, 0.05) is 19.3 Å². The van der Waals surface area contributed by atoms with Crippen molar-refractivity contribution in [2.45, 2.75) is 38.6 Å². The van der Waals surface area contributed by atoms with Crippen LogP contribution in [0.3, 0.4) is 0 Å². The molecule has 2 heterocycles. The highest BCUT2D eigenvalue weighted by molar-refractivity contribution is 5.44. The zero-order chi connectivity index (χ0) is 14.5. The molecule has 1 aromatic carbocycles. The number of ether oxygens (including phenoxy) is 3. The molecule has 116 valence electrons. The van der Waals surface area contributed by atoms with Crippen LogP contribution in [0.15, 0.2) is 18.2 Å². The molecule has 21 heavy (non-hydrogen) atoms. The first-order chi connectivity index (χ1) is 10.3.